The fourth-order valence-corrected chi connectivity index (χ4v) is 1.57. The van der Waals surface area contributed by atoms with Crippen LogP contribution in [0, 0.1) is 0 Å². The van der Waals surface area contributed by atoms with E-state index in [1.807, 2.05) is 6.92 Å². The van der Waals surface area contributed by atoms with Crippen LogP contribution in [0.15, 0.2) is 4.99 Å². The standard InChI is InChI=1S/C13H26F3N5O/c1-5-17-12(19-9-11(22)20(2)3)18-7-6-8-21(4)10-13(14,15)16/h5-10H2,1-4H3,(H2,17,18,19). The lowest BCUT2D eigenvalue weighted by atomic mass is 10.4. The molecule has 1 amide bonds. The van der Waals surface area contributed by atoms with E-state index in [4.69, 9.17) is 0 Å². The molecule has 130 valence electrons. The van der Waals surface area contributed by atoms with Gasteiger partial charge in [-0.2, -0.15) is 13.2 Å². The molecule has 0 aliphatic rings. The van der Waals surface area contributed by atoms with Gasteiger partial charge in [0.2, 0.25) is 5.91 Å². The number of rotatable bonds is 8. The van der Waals surface area contributed by atoms with Crippen molar-refractivity contribution < 1.29 is 18.0 Å². The molecule has 0 saturated heterocycles. The van der Waals surface area contributed by atoms with Crippen molar-refractivity contribution in [3.8, 4) is 0 Å². The fraction of sp³-hybridized carbons (Fsp3) is 0.846. The number of nitrogens with zero attached hydrogens (tertiary/aromatic N) is 3. The lowest BCUT2D eigenvalue weighted by Gasteiger charge is -2.19. The number of likely N-dealkylation sites (N-methyl/N-ethyl adjacent to an activating group) is 1. The van der Waals surface area contributed by atoms with E-state index in [2.05, 4.69) is 15.6 Å². The van der Waals surface area contributed by atoms with Gasteiger partial charge < -0.3 is 15.5 Å². The van der Waals surface area contributed by atoms with Crippen molar-refractivity contribution in [1.29, 1.82) is 0 Å². The number of guanidine groups is 1. The van der Waals surface area contributed by atoms with Crippen LogP contribution in [-0.2, 0) is 4.79 Å². The van der Waals surface area contributed by atoms with Crippen molar-refractivity contribution in [2.24, 2.45) is 4.99 Å². The minimum absolute atomic E-state index is 0.0241. The highest BCUT2D eigenvalue weighted by molar-refractivity contribution is 5.84. The highest BCUT2D eigenvalue weighted by Gasteiger charge is 2.28. The lowest BCUT2D eigenvalue weighted by Crippen LogP contribution is -2.40. The van der Waals surface area contributed by atoms with E-state index in [0.717, 1.165) is 0 Å². The monoisotopic (exact) mass is 325 g/mol. The summed E-state index contributed by atoms with van der Waals surface area (Å²) in [5, 5.41) is 5.97. The molecule has 0 aliphatic heterocycles. The normalized spacial score (nSPS) is 12.5. The summed E-state index contributed by atoms with van der Waals surface area (Å²) in [7, 11) is 4.73. The van der Waals surface area contributed by atoms with Crippen LogP contribution < -0.4 is 10.6 Å². The Kier molecular flexibility index (Phi) is 9.55. The Morgan fingerprint density at radius 3 is 2.32 bits per heavy atom. The Morgan fingerprint density at radius 2 is 1.82 bits per heavy atom. The Labute approximate surface area is 129 Å². The van der Waals surface area contributed by atoms with E-state index >= 15 is 0 Å². The Bertz CT molecular complexity index is 358. The minimum atomic E-state index is -4.18. The first-order valence-electron chi connectivity index (χ1n) is 7.13. The van der Waals surface area contributed by atoms with E-state index in [9.17, 15) is 18.0 Å². The highest BCUT2D eigenvalue weighted by atomic mass is 19.4. The van der Waals surface area contributed by atoms with Crippen LogP contribution in [0.4, 0.5) is 13.2 Å². The van der Waals surface area contributed by atoms with Crippen molar-refractivity contribution >= 4 is 11.9 Å². The zero-order chi connectivity index (χ0) is 17.2. The first-order valence-corrected chi connectivity index (χ1v) is 7.13. The quantitative estimate of drug-likeness (QED) is 0.388. The maximum Gasteiger partial charge on any atom is 0.401 e. The van der Waals surface area contributed by atoms with Crippen LogP contribution in [-0.4, -0.2) is 81.7 Å². The van der Waals surface area contributed by atoms with Gasteiger partial charge in [0.25, 0.3) is 0 Å². The summed E-state index contributed by atoms with van der Waals surface area (Å²) in [5.74, 6) is 0.360. The largest absolute Gasteiger partial charge is 0.401 e. The molecule has 0 aliphatic carbocycles. The number of alkyl halides is 3. The average molecular weight is 325 g/mol. The van der Waals surface area contributed by atoms with Crippen molar-refractivity contribution in [2.75, 3.05) is 53.9 Å². The second-order valence-electron chi connectivity index (χ2n) is 5.12. The Hall–Kier alpha value is -1.51. The van der Waals surface area contributed by atoms with E-state index < -0.39 is 12.7 Å². The fourth-order valence-electron chi connectivity index (χ4n) is 1.57. The van der Waals surface area contributed by atoms with E-state index in [-0.39, 0.29) is 12.5 Å². The molecule has 0 unspecified atom stereocenters. The molecular weight excluding hydrogens is 299 g/mol. The molecule has 0 aromatic heterocycles. The van der Waals surface area contributed by atoms with Crippen LogP contribution in [0.1, 0.15) is 13.3 Å². The van der Waals surface area contributed by atoms with Crippen molar-refractivity contribution in [3.63, 3.8) is 0 Å². The van der Waals surface area contributed by atoms with E-state index in [1.54, 1.807) is 14.1 Å². The Balaban J connectivity index is 4.10. The average Bonchev–Trinajstić information content (AvgIpc) is 2.38. The predicted molar refractivity (Wildman–Crippen MR) is 80.8 cm³/mol. The molecule has 0 heterocycles. The zero-order valence-corrected chi connectivity index (χ0v) is 13.6. The molecule has 0 rings (SSSR count). The number of amides is 1. The lowest BCUT2D eigenvalue weighted by molar-refractivity contribution is -0.143. The first kappa shape index (κ1) is 20.5. The van der Waals surface area contributed by atoms with Crippen LogP contribution in [0.2, 0.25) is 0 Å². The highest BCUT2D eigenvalue weighted by Crippen LogP contribution is 2.15. The molecule has 22 heavy (non-hydrogen) atoms. The van der Waals surface area contributed by atoms with E-state index in [0.29, 0.717) is 32.0 Å². The van der Waals surface area contributed by atoms with Gasteiger partial charge in [-0.1, -0.05) is 0 Å². The third kappa shape index (κ3) is 11.2. The molecule has 2 N–H and O–H groups in total. The predicted octanol–water partition coefficient (Wildman–Crippen LogP) is 0.514. The summed E-state index contributed by atoms with van der Waals surface area (Å²) in [6.07, 6.45) is -3.64. The van der Waals surface area contributed by atoms with Crippen LogP contribution in [0.5, 0.6) is 0 Å². The summed E-state index contributed by atoms with van der Waals surface area (Å²) < 4.78 is 36.5. The van der Waals surface area contributed by atoms with Gasteiger partial charge in [0.15, 0.2) is 5.96 Å². The second kappa shape index (κ2) is 10.3. The van der Waals surface area contributed by atoms with Crippen LogP contribution in [0.3, 0.4) is 0 Å². The third-order valence-electron chi connectivity index (χ3n) is 2.67. The molecule has 0 spiro atoms. The smallest absolute Gasteiger partial charge is 0.357 e. The van der Waals surface area contributed by atoms with Gasteiger partial charge in [-0.3, -0.25) is 9.69 Å². The summed E-state index contributed by atoms with van der Waals surface area (Å²) in [6, 6.07) is 0. The van der Waals surface area contributed by atoms with Crippen molar-refractivity contribution in [1.82, 2.24) is 20.4 Å². The second-order valence-corrected chi connectivity index (χ2v) is 5.12. The number of hydrogen-bond donors (Lipinski definition) is 2. The molecule has 0 aromatic carbocycles. The summed E-state index contributed by atoms with van der Waals surface area (Å²) in [6.45, 7) is 2.43. The van der Waals surface area contributed by atoms with Gasteiger partial charge in [0.05, 0.1) is 6.54 Å². The van der Waals surface area contributed by atoms with Gasteiger partial charge in [0.1, 0.15) is 6.54 Å². The number of carbonyl (C=O) groups excluding carboxylic acids is 1. The zero-order valence-electron chi connectivity index (χ0n) is 13.6. The third-order valence-corrected chi connectivity index (χ3v) is 2.67. The SMILES string of the molecule is CCNC(=NCC(=O)N(C)C)NCCCN(C)CC(F)(F)F. The van der Waals surface area contributed by atoms with Crippen molar-refractivity contribution in [2.45, 2.75) is 19.5 Å². The number of carbonyl (C=O) groups is 1. The van der Waals surface area contributed by atoms with Crippen LogP contribution in [0.25, 0.3) is 0 Å². The number of nitrogens with one attached hydrogen (secondary N) is 2. The minimum Gasteiger partial charge on any atom is -0.357 e. The molecule has 0 aromatic rings. The van der Waals surface area contributed by atoms with Crippen LogP contribution >= 0.6 is 0 Å². The molecule has 6 nitrogen and oxygen atoms in total. The van der Waals surface area contributed by atoms with Gasteiger partial charge in [0, 0.05) is 27.2 Å². The molecule has 0 bridgehead atoms. The topological polar surface area (TPSA) is 60.0 Å². The number of halogens is 3. The molecule has 0 fully saturated rings. The number of aliphatic imine (C=N–C) groups is 1. The molecule has 9 heteroatoms. The molecule has 0 radical (unpaired) electrons. The van der Waals surface area contributed by atoms with E-state index in [1.165, 1.54) is 16.8 Å². The van der Waals surface area contributed by atoms with Gasteiger partial charge in [-0.15, -0.1) is 0 Å². The molecular formula is C13H26F3N5O. The summed E-state index contributed by atoms with van der Waals surface area (Å²) in [5.41, 5.74) is 0. The number of hydrogen-bond acceptors (Lipinski definition) is 3. The molecule has 0 atom stereocenters. The van der Waals surface area contributed by atoms with Crippen molar-refractivity contribution in [3.05, 3.63) is 0 Å². The van der Waals surface area contributed by atoms with Gasteiger partial charge in [-0.25, -0.2) is 4.99 Å². The first-order chi connectivity index (χ1) is 10.2. The van der Waals surface area contributed by atoms with Gasteiger partial charge >= 0.3 is 6.18 Å². The summed E-state index contributed by atoms with van der Waals surface area (Å²) >= 11 is 0. The van der Waals surface area contributed by atoms with Gasteiger partial charge in [-0.05, 0) is 26.9 Å². The summed E-state index contributed by atoms with van der Waals surface area (Å²) in [4.78, 5) is 18.2. The Morgan fingerprint density at radius 1 is 1.18 bits per heavy atom. The molecule has 0 saturated carbocycles. The maximum absolute atomic E-state index is 12.2. The maximum atomic E-state index is 12.2.